The summed E-state index contributed by atoms with van der Waals surface area (Å²) in [6, 6.07) is 3.20. The Morgan fingerprint density at radius 1 is 1.24 bits per heavy atom. The number of nitrogens with two attached hydrogens (primary N) is 1. The number of benzene rings is 1. The van der Waals surface area contributed by atoms with Gasteiger partial charge < -0.3 is 5.73 Å². The van der Waals surface area contributed by atoms with E-state index in [-0.39, 0.29) is 23.0 Å². The van der Waals surface area contributed by atoms with Crippen molar-refractivity contribution in [2.75, 3.05) is 0 Å². The Bertz CT molecular complexity index is 502. The predicted molar refractivity (Wildman–Crippen MR) is 69.0 cm³/mol. The molecule has 2 N–H and O–H groups in total. The molecule has 0 unspecified atom stereocenters. The molecule has 1 aromatic heterocycles. The Kier molecular flexibility index (Phi) is 4.89. The van der Waals surface area contributed by atoms with Gasteiger partial charge in [0, 0.05) is 5.56 Å². The van der Waals surface area contributed by atoms with Crippen LogP contribution in [-0.4, -0.2) is 0 Å². The van der Waals surface area contributed by atoms with Gasteiger partial charge in [-0.05, 0) is 34.5 Å². The van der Waals surface area contributed by atoms with Gasteiger partial charge in [-0.1, -0.05) is 11.6 Å². The van der Waals surface area contributed by atoms with E-state index in [0.29, 0.717) is 5.56 Å². The van der Waals surface area contributed by atoms with Crippen molar-refractivity contribution >= 4 is 35.3 Å². The molecular formula is C11H9Cl2F2NS. The Balaban J connectivity index is 0.00000144. The molecule has 0 aliphatic rings. The van der Waals surface area contributed by atoms with E-state index >= 15 is 0 Å². The van der Waals surface area contributed by atoms with E-state index in [4.69, 9.17) is 17.3 Å². The van der Waals surface area contributed by atoms with E-state index in [2.05, 4.69) is 0 Å². The van der Waals surface area contributed by atoms with Crippen LogP contribution in [0.2, 0.25) is 5.02 Å². The highest BCUT2D eigenvalue weighted by Crippen LogP contribution is 2.29. The van der Waals surface area contributed by atoms with Crippen LogP contribution in [0.3, 0.4) is 0 Å². The van der Waals surface area contributed by atoms with Crippen molar-refractivity contribution in [3.63, 3.8) is 0 Å². The minimum absolute atomic E-state index is 0. The summed E-state index contributed by atoms with van der Waals surface area (Å²) in [5.41, 5.74) is 6.28. The lowest BCUT2D eigenvalue weighted by atomic mass is 10.0. The van der Waals surface area contributed by atoms with Crippen molar-refractivity contribution in [1.29, 1.82) is 0 Å². The van der Waals surface area contributed by atoms with Crippen LogP contribution in [0.15, 0.2) is 29.0 Å². The molecule has 1 aromatic carbocycles. The highest BCUT2D eigenvalue weighted by atomic mass is 35.5. The van der Waals surface area contributed by atoms with Gasteiger partial charge in [-0.2, -0.15) is 11.3 Å². The number of thiophene rings is 1. The summed E-state index contributed by atoms with van der Waals surface area (Å²) in [4.78, 5) is 0. The standard InChI is InChI=1S/C11H8ClF2NS.ClH/c12-7-1-2-8(13)9(10(7)14)11(15)6-3-4-16-5-6;/h1-5,11H,15H2;1H/t11-;/m1./s1. The summed E-state index contributed by atoms with van der Waals surface area (Å²) >= 11 is 7.02. The smallest absolute Gasteiger partial charge is 0.149 e. The first kappa shape index (κ1) is 14.4. The Morgan fingerprint density at radius 2 is 1.94 bits per heavy atom. The summed E-state index contributed by atoms with van der Waals surface area (Å²) in [7, 11) is 0. The third-order valence-electron chi connectivity index (χ3n) is 2.29. The molecule has 0 amide bonds. The average Bonchev–Trinajstić information content (AvgIpc) is 2.77. The quantitative estimate of drug-likeness (QED) is 0.828. The molecule has 1 atom stereocenters. The predicted octanol–water partition coefficient (Wildman–Crippen LogP) is 4.15. The largest absolute Gasteiger partial charge is 0.320 e. The van der Waals surface area contributed by atoms with Gasteiger partial charge in [0.1, 0.15) is 11.6 Å². The molecule has 0 saturated carbocycles. The van der Waals surface area contributed by atoms with Gasteiger partial charge in [-0.25, -0.2) is 8.78 Å². The first-order valence-corrected chi connectivity index (χ1v) is 5.84. The van der Waals surface area contributed by atoms with Gasteiger partial charge in [0.15, 0.2) is 0 Å². The van der Waals surface area contributed by atoms with Crippen molar-refractivity contribution in [3.8, 4) is 0 Å². The molecule has 2 rings (SSSR count). The molecule has 92 valence electrons. The third kappa shape index (κ3) is 2.77. The molecule has 1 heterocycles. The van der Waals surface area contributed by atoms with Crippen molar-refractivity contribution in [3.05, 3.63) is 56.7 Å². The number of hydrogen-bond donors (Lipinski definition) is 1. The van der Waals surface area contributed by atoms with Crippen LogP contribution < -0.4 is 5.73 Å². The zero-order valence-electron chi connectivity index (χ0n) is 8.49. The van der Waals surface area contributed by atoms with Crippen LogP contribution in [0, 0.1) is 11.6 Å². The van der Waals surface area contributed by atoms with Crippen LogP contribution in [0.5, 0.6) is 0 Å². The minimum Gasteiger partial charge on any atom is -0.320 e. The highest BCUT2D eigenvalue weighted by Gasteiger charge is 2.20. The summed E-state index contributed by atoms with van der Waals surface area (Å²) in [5.74, 6) is -1.47. The fourth-order valence-corrected chi connectivity index (χ4v) is 2.31. The lowest BCUT2D eigenvalue weighted by molar-refractivity contribution is 0.544. The van der Waals surface area contributed by atoms with Gasteiger partial charge in [-0.3, -0.25) is 0 Å². The molecule has 0 fully saturated rings. The first-order chi connectivity index (χ1) is 7.61. The van der Waals surface area contributed by atoms with Gasteiger partial charge in [0.2, 0.25) is 0 Å². The van der Waals surface area contributed by atoms with Gasteiger partial charge in [0.25, 0.3) is 0 Å². The molecule has 0 bridgehead atoms. The number of hydrogen-bond acceptors (Lipinski definition) is 2. The van der Waals surface area contributed by atoms with Crippen LogP contribution in [0.4, 0.5) is 8.78 Å². The molecule has 0 spiro atoms. The lowest BCUT2D eigenvalue weighted by Gasteiger charge is -2.13. The zero-order chi connectivity index (χ0) is 11.7. The second-order valence-corrected chi connectivity index (χ2v) is 4.48. The summed E-state index contributed by atoms with van der Waals surface area (Å²) in [6.45, 7) is 0. The molecule has 0 radical (unpaired) electrons. The van der Waals surface area contributed by atoms with E-state index in [1.807, 2.05) is 0 Å². The molecule has 0 aliphatic carbocycles. The Labute approximate surface area is 113 Å². The van der Waals surface area contributed by atoms with Crippen LogP contribution in [0.1, 0.15) is 17.2 Å². The maximum atomic E-state index is 13.7. The molecule has 6 heteroatoms. The molecule has 17 heavy (non-hydrogen) atoms. The van der Waals surface area contributed by atoms with Crippen LogP contribution in [-0.2, 0) is 0 Å². The van der Waals surface area contributed by atoms with E-state index in [1.54, 1.807) is 16.8 Å². The van der Waals surface area contributed by atoms with E-state index in [9.17, 15) is 8.78 Å². The van der Waals surface area contributed by atoms with Gasteiger partial charge in [-0.15, -0.1) is 12.4 Å². The van der Waals surface area contributed by atoms with Crippen molar-refractivity contribution < 1.29 is 8.78 Å². The third-order valence-corrected chi connectivity index (χ3v) is 3.29. The van der Waals surface area contributed by atoms with Crippen molar-refractivity contribution in [2.24, 2.45) is 5.73 Å². The fourth-order valence-electron chi connectivity index (χ4n) is 1.45. The lowest BCUT2D eigenvalue weighted by Crippen LogP contribution is -2.15. The maximum absolute atomic E-state index is 13.7. The first-order valence-electron chi connectivity index (χ1n) is 4.52. The Morgan fingerprint density at radius 3 is 2.53 bits per heavy atom. The fraction of sp³-hybridized carbons (Fsp3) is 0.0909. The van der Waals surface area contributed by atoms with E-state index < -0.39 is 17.7 Å². The summed E-state index contributed by atoms with van der Waals surface area (Å²) in [5, 5.41) is 3.43. The average molecular weight is 296 g/mol. The van der Waals surface area contributed by atoms with Gasteiger partial charge in [0.05, 0.1) is 11.1 Å². The summed E-state index contributed by atoms with van der Waals surface area (Å²) in [6.07, 6.45) is 0. The minimum atomic E-state index is -0.829. The SMILES string of the molecule is Cl.N[C@H](c1ccsc1)c1c(F)ccc(Cl)c1F. The Hall–Kier alpha value is -0.680. The highest BCUT2D eigenvalue weighted by molar-refractivity contribution is 7.08. The second-order valence-electron chi connectivity index (χ2n) is 3.29. The molecule has 2 aromatic rings. The number of rotatable bonds is 2. The maximum Gasteiger partial charge on any atom is 0.149 e. The van der Waals surface area contributed by atoms with E-state index in [0.717, 1.165) is 6.07 Å². The monoisotopic (exact) mass is 295 g/mol. The van der Waals surface area contributed by atoms with Gasteiger partial charge >= 0.3 is 0 Å². The van der Waals surface area contributed by atoms with Crippen LogP contribution in [0.25, 0.3) is 0 Å². The molecular weight excluding hydrogens is 287 g/mol. The summed E-state index contributed by atoms with van der Waals surface area (Å²) < 4.78 is 27.2. The molecule has 0 aliphatic heterocycles. The topological polar surface area (TPSA) is 26.0 Å². The zero-order valence-corrected chi connectivity index (χ0v) is 10.9. The van der Waals surface area contributed by atoms with Crippen LogP contribution >= 0.6 is 35.3 Å². The second kappa shape index (κ2) is 5.78. The van der Waals surface area contributed by atoms with Crippen molar-refractivity contribution in [1.82, 2.24) is 0 Å². The van der Waals surface area contributed by atoms with Crippen molar-refractivity contribution in [2.45, 2.75) is 6.04 Å². The number of halogens is 4. The van der Waals surface area contributed by atoms with E-state index in [1.165, 1.54) is 17.4 Å². The molecule has 0 saturated heterocycles. The molecule has 1 nitrogen and oxygen atoms in total. The normalized spacial score (nSPS) is 12.0.